The zero-order chi connectivity index (χ0) is 14.7. The Bertz CT molecular complexity index is 473. The Labute approximate surface area is 124 Å². The fourth-order valence-electron chi connectivity index (χ4n) is 2.54. The fraction of sp³-hybridized carbons (Fsp3) is 0.643. The van der Waals surface area contributed by atoms with Gasteiger partial charge in [0, 0.05) is 25.4 Å². The molecule has 2 rings (SSSR count). The lowest BCUT2D eigenvalue weighted by atomic mass is 9.83. The van der Waals surface area contributed by atoms with E-state index in [1.165, 1.54) is 0 Å². The lowest BCUT2D eigenvalue weighted by Crippen LogP contribution is -2.64. The largest absolute Gasteiger partial charge is 0.376 e. The third kappa shape index (κ3) is 3.16. The predicted octanol–water partition coefficient (Wildman–Crippen LogP) is 1.79. The minimum Gasteiger partial charge on any atom is -0.376 e. The van der Waals surface area contributed by atoms with Gasteiger partial charge in [-0.1, -0.05) is 18.5 Å². The number of halogens is 1. The van der Waals surface area contributed by atoms with Crippen molar-refractivity contribution in [1.29, 1.82) is 0 Å². The molecule has 3 unspecified atom stereocenters. The van der Waals surface area contributed by atoms with E-state index in [-0.39, 0.29) is 24.1 Å². The van der Waals surface area contributed by atoms with Crippen molar-refractivity contribution < 1.29 is 9.53 Å². The van der Waals surface area contributed by atoms with Gasteiger partial charge in [-0.2, -0.15) is 0 Å². The molecule has 0 bridgehead atoms. The number of hydrogen-bond donors (Lipinski definition) is 2. The summed E-state index contributed by atoms with van der Waals surface area (Å²) < 4.78 is 7.43. The Morgan fingerprint density at radius 3 is 2.95 bits per heavy atom. The molecule has 1 saturated carbocycles. The van der Waals surface area contributed by atoms with E-state index in [2.05, 4.69) is 12.2 Å². The van der Waals surface area contributed by atoms with Crippen LogP contribution in [0, 0.1) is 0 Å². The highest BCUT2D eigenvalue weighted by molar-refractivity contribution is 6.31. The van der Waals surface area contributed by atoms with Gasteiger partial charge in [-0.05, 0) is 25.8 Å². The van der Waals surface area contributed by atoms with Gasteiger partial charge in [0.2, 0.25) is 0 Å². The summed E-state index contributed by atoms with van der Waals surface area (Å²) in [5.41, 5.74) is 6.52. The highest BCUT2D eigenvalue weighted by Gasteiger charge is 2.40. The van der Waals surface area contributed by atoms with Crippen molar-refractivity contribution in [2.24, 2.45) is 5.73 Å². The van der Waals surface area contributed by atoms with Gasteiger partial charge in [0.15, 0.2) is 0 Å². The molecule has 1 amide bonds. The lowest BCUT2D eigenvalue weighted by molar-refractivity contribution is -0.0301. The number of ether oxygens (including phenoxy) is 1. The number of rotatable bonds is 6. The predicted molar refractivity (Wildman–Crippen MR) is 79.0 cm³/mol. The average molecular weight is 300 g/mol. The zero-order valence-corrected chi connectivity index (χ0v) is 12.7. The van der Waals surface area contributed by atoms with Gasteiger partial charge in [0.1, 0.15) is 5.69 Å². The highest BCUT2D eigenvalue weighted by atomic mass is 35.5. The van der Waals surface area contributed by atoms with E-state index in [0.29, 0.717) is 17.3 Å². The molecular formula is C14H22ClN3O2. The molecule has 0 spiro atoms. The first-order chi connectivity index (χ1) is 9.56. The number of hydrogen-bond acceptors (Lipinski definition) is 3. The third-order valence-corrected chi connectivity index (χ3v) is 3.81. The Morgan fingerprint density at radius 1 is 1.60 bits per heavy atom. The number of aromatic nitrogens is 1. The molecule has 3 atom stereocenters. The van der Waals surface area contributed by atoms with Gasteiger partial charge in [-0.3, -0.25) is 4.79 Å². The first kappa shape index (κ1) is 15.4. The first-order valence-electron chi connectivity index (χ1n) is 7.10. The molecule has 3 N–H and O–H groups in total. The molecule has 0 saturated heterocycles. The van der Waals surface area contributed by atoms with E-state index in [1.54, 1.807) is 12.3 Å². The summed E-state index contributed by atoms with van der Waals surface area (Å²) in [6, 6.07) is 1.53. The maximum atomic E-state index is 12.4. The van der Waals surface area contributed by atoms with E-state index in [1.807, 2.05) is 11.5 Å². The Morgan fingerprint density at radius 2 is 2.35 bits per heavy atom. The van der Waals surface area contributed by atoms with Crippen molar-refractivity contribution in [1.82, 2.24) is 9.88 Å². The summed E-state index contributed by atoms with van der Waals surface area (Å²) in [6.45, 7) is 5.39. The van der Waals surface area contributed by atoms with Gasteiger partial charge in [0.05, 0.1) is 17.2 Å². The van der Waals surface area contributed by atoms with E-state index in [0.717, 1.165) is 19.4 Å². The molecule has 5 nitrogen and oxygen atoms in total. The number of nitrogens with two attached hydrogens (primary N) is 1. The van der Waals surface area contributed by atoms with Crippen LogP contribution in [0.4, 0.5) is 0 Å². The highest BCUT2D eigenvalue weighted by Crippen LogP contribution is 2.23. The van der Waals surface area contributed by atoms with Gasteiger partial charge >= 0.3 is 0 Å². The molecule has 6 heteroatoms. The number of carbonyl (C=O) groups excluding carboxylic acids is 1. The van der Waals surface area contributed by atoms with Crippen LogP contribution in [-0.4, -0.2) is 35.3 Å². The second-order valence-electron chi connectivity index (χ2n) is 5.13. The van der Waals surface area contributed by atoms with Crippen molar-refractivity contribution in [2.45, 2.75) is 51.4 Å². The van der Waals surface area contributed by atoms with Crippen molar-refractivity contribution in [3.8, 4) is 0 Å². The monoisotopic (exact) mass is 299 g/mol. The van der Waals surface area contributed by atoms with Gasteiger partial charge in [0.25, 0.3) is 5.91 Å². The smallest absolute Gasteiger partial charge is 0.268 e. The normalized spacial score (nSPS) is 25.3. The molecule has 1 aliphatic carbocycles. The molecule has 112 valence electrons. The Hall–Kier alpha value is -1.04. The molecule has 0 aliphatic heterocycles. The van der Waals surface area contributed by atoms with Crippen LogP contribution in [0.1, 0.15) is 37.2 Å². The van der Waals surface area contributed by atoms with E-state index < -0.39 is 0 Å². The standard InChI is InChI=1S/C14H22ClN3O2/c1-3-5-18-8-9(15)6-11(18)14(19)17-13-10(16)7-12(13)20-4-2/h6,8,10,12-13H,3-5,7,16H2,1-2H3,(H,17,19). The molecule has 0 aromatic carbocycles. The first-order valence-corrected chi connectivity index (χ1v) is 7.48. The zero-order valence-electron chi connectivity index (χ0n) is 11.9. The topological polar surface area (TPSA) is 69.3 Å². The van der Waals surface area contributed by atoms with Crippen LogP contribution in [0.25, 0.3) is 0 Å². The SMILES string of the molecule is CCCn1cc(Cl)cc1C(=O)NC1C(N)CC1OCC. The van der Waals surface area contributed by atoms with Gasteiger partial charge in [-0.15, -0.1) is 0 Å². The maximum Gasteiger partial charge on any atom is 0.268 e. The van der Waals surface area contributed by atoms with Crippen LogP contribution in [-0.2, 0) is 11.3 Å². The minimum absolute atomic E-state index is 0.0176. The summed E-state index contributed by atoms with van der Waals surface area (Å²) in [7, 11) is 0. The molecular weight excluding hydrogens is 278 g/mol. The summed E-state index contributed by atoms with van der Waals surface area (Å²) in [5.74, 6) is -0.143. The lowest BCUT2D eigenvalue weighted by Gasteiger charge is -2.42. The number of aryl methyl sites for hydroxylation is 1. The van der Waals surface area contributed by atoms with E-state index >= 15 is 0 Å². The quantitative estimate of drug-likeness (QED) is 0.841. The summed E-state index contributed by atoms with van der Waals surface area (Å²) in [6.07, 6.45) is 3.52. The Balaban J connectivity index is 2.04. The summed E-state index contributed by atoms with van der Waals surface area (Å²) in [4.78, 5) is 12.4. The number of amides is 1. The summed E-state index contributed by atoms with van der Waals surface area (Å²) in [5, 5.41) is 3.53. The molecule has 1 fully saturated rings. The van der Waals surface area contributed by atoms with Gasteiger partial charge in [-0.25, -0.2) is 0 Å². The second-order valence-corrected chi connectivity index (χ2v) is 5.57. The Kier molecular flexibility index (Phi) is 5.07. The van der Waals surface area contributed by atoms with Crippen LogP contribution in [0.15, 0.2) is 12.3 Å². The van der Waals surface area contributed by atoms with E-state index in [9.17, 15) is 4.79 Å². The molecule has 1 aromatic heterocycles. The van der Waals surface area contributed by atoms with Crippen LogP contribution in [0.3, 0.4) is 0 Å². The van der Waals surface area contributed by atoms with Crippen molar-refractivity contribution in [2.75, 3.05) is 6.61 Å². The molecule has 1 aromatic rings. The number of nitrogens with one attached hydrogen (secondary N) is 1. The molecule has 1 heterocycles. The van der Waals surface area contributed by atoms with Crippen LogP contribution >= 0.6 is 11.6 Å². The number of carbonyl (C=O) groups is 1. The number of nitrogens with zero attached hydrogens (tertiary/aromatic N) is 1. The van der Waals surface area contributed by atoms with Crippen LogP contribution in [0.2, 0.25) is 5.02 Å². The van der Waals surface area contributed by atoms with Crippen molar-refractivity contribution in [3.63, 3.8) is 0 Å². The average Bonchev–Trinajstić information content (AvgIpc) is 2.77. The minimum atomic E-state index is -0.143. The van der Waals surface area contributed by atoms with Crippen LogP contribution < -0.4 is 11.1 Å². The van der Waals surface area contributed by atoms with Gasteiger partial charge < -0.3 is 20.4 Å². The van der Waals surface area contributed by atoms with Crippen LogP contribution in [0.5, 0.6) is 0 Å². The molecule has 1 aliphatic rings. The fourth-order valence-corrected chi connectivity index (χ4v) is 2.76. The van der Waals surface area contributed by atoms with Crippen molar-refractivity contribution in [3.05, 3.63) is 23.0 Å². The molecule has 20 heavy (non-hydrogen) atoms. The summed E-state index contributed by atoms with van der Waals surface area (Å²) >= 11 is 5.99. The third-order valence-electron chi connectivity index (χ3n) is 3.61. The molecule has 0 radical (unpaired) electrons. The maximum absolute atomic E-state index is 12.4. The van der Waals surface area contributed by atoms with E-state index in [4.69, 9.17) is 22.1 Å². The van der Waals surface area contributed by atoms with Crippen molar-refractivity contribution >= 4 is 17.5 Å². The second kappa shape index (κ2) is 6.61.